The number of rotatable bonds is 4. The van der Waals surface area contributed by atoms with Crippen LogP contribution < -0.4 is 0 Å². The minimum Gasteiger partial charge on any atom is -0.479 e. The highest BCUT2D eigenvalue weighted by Gasteiger charge is 2.58. The van der Waals surface area contributed by atoms with E-state index in [2.05, 4.69) is 0 Å². The lowest BCUT2D eigenvalue weighted by atomic mass is 9.98. The normalized spacial score (nSPS) is 14.2. The Bertz CT molecular complexity index is 630. The lowest BCUT2D eigenvalue weighted by Crippen LogP contribution is -2.52. The number of Topliss-reactive ketones (excluding diaryl/α,β-unsaturated/α-hetero) is 1. The molecule has 0 aromatic heterocycles. The SMILES string of the molecule is N#CC(C(=O)O)(C(=O)c1ccccc1)S(=O)(=O)O. The number of hydrogen-bond donors (Lipinski definition) is 2. The predicted molar refractivity (Wildman–Crippen MR) is 58.3 cm³/mol. The van der Waals surface area contributed by atoms with Gasteiger partial charge in [0.1, 0.15) is 6.07 Å². The van der Waals surface area contributed by atoms with Gasteiger partial charge in [-0.3, -0.25) is 9.35 Å². The molecule has 0 radical (unpaired) electrons. The largest absolute Gasteiger partial charge is 0.479 e. The number of carboxylic acid groups (broad SMARTS) is 1. The summed E-state index contributed by atoms with van der Waals surface area (Å²) in [6, 6.07) is 7.39. The number of hydrogen-bond acceptors (Lipinski definition) is 5. The quantitative estimate of drug-likeness (QED) is 0.450. The Morgan fingerprint density at radius 3 is 2.06 bits per heavy atom. The molecule has 18 heavy (non-hydrogen) atoms. The Hall–Kier alpha value is -2.24. The van der Waals surface area contributed by atoms with Crippen LogP contribution in [0.4, 0.5) is 0 Å². The minimum absolute atomic E-state index is 0.306. The van der Waals surface area contributed by atoms with Gasteiger partial charge in [-0.25, -0.2) is 4.79 Å². The van der Waals surface area contributed by atoms with Gasteiger partial charge in [-0.2, -0.15) is 13.7 Å². The smallest absolute Gasteiger partial charge is 0.350 e. The van der Waals surface area contributed by atoms with E-state index in [4.69, 9.17) is 14.9 Å². The molecule has 1 rings (SSSR count). The highest BCUT2D eigenvalue weighted by molar-refractivity contribution is 7.89. The van der Waals surface area contributed by atoms with E-state index in [0.717, 1.165) is 18.2 Å². The molecule has 94 valence electrons. The lowest BCUT2D eigenvalue weighted by molar-refractivity contribution is -0.137. The van der Waals surface area contributed by atoms with Crippen LogP contribution in [-0.2, 0) is 14.9 Å². The number of nitriles is 1. The third-order valence-corrected chi connectivity index (χ3v) is 3.43. The molecule has 0 heterocycles. The van der Waals surface area contributed by atoms with Crippen LogP contribution in [0.5, 0.6) is 0 Å². The van der Waals surface area contributed by atoms with E-state index in [9.17, 15) is 18.0 Å². The van der Waals surface area contributed by atoms with Gasteiger partial charge in [0.25, 0.3) is 0 Å². The predicted octanol–water partition coefficient (Wildman–Crippen LogP) is 0.104. The van der Waals surface area contributed by atoms with E-state index in [1.807, 2.05) is 0 Å². The highest BCUT2D eigenvalue weighted by atomic mass is 32.2. The van der Waals surface area contributed by atoms with E-state index in [-0.39, 0.29) is 5.56 Å². The van der Waals surface area contributed by atoms with Gasteiger partial charge in [-0.1, -0.05) is 30.3 Å². The number of carbonyl (C=O) groups is 2. The van der Waals surface area contributed by atoms with Gasteiger partial charge in [0, 0.05) is 5.56 Å². The highest BCUT2D eigenvalue weighted by Crippen LogP contribution is 2.22. The summed E-state index contributed by atoms with van der Waals surface area (Å²) < 4.78 is 27.5. The molecule has 1 aromatic rings. The fourth-order valence-corrected chi connectivity index (χ4v) is 1.96. The fourth-order valence-electron chi connectivity index (χ4n) is 1.27. The molecule has 2 N–H and O–H groups in total. The molecular weight excluding hydrogens is 262 g/mol. The summed E-state index contributed by atoms with van der Waals surface area (Å²) in [6.45, 7) is 0. The molecular formula is C10H7NO6S. The Morgan fingerprint density at radius 1 is 1.22 bits per heavy atom. The average Bonchev–Trinajstić information content (AvgIpc) is 2.29. The van der Waals surface area contributed by atoms with Gasteiger partial charge in [0.05, 0.1) is 0 Å². The zero-order valence-electron chi connectivity index (χ0n) is 8.77. The van der Waals surface area contributed by atoms with Crippen LogP contribution in [0.15, 0.2) is 30.3 Å². The summed E-state index contributed by atoms with van der Waals surface area (Å²) >= 11 is 0. The third kappa shape index (κ3) is 1.97. The van der Waals surface area contributed by atoms with Crippen molar-refractivity contribution in [1.82, 2.24) is 0 Å². The number of carboxylic acids is 1. The van der Waals surface area contributed by atoms with Crippen molar-refractivity contribution in [2.75, 3.05) is 0 Å². The number of ketones is 1. The van der Waals surface area contributed by atoms with Crippen LogP contribution in [0.3, 0.4) is 0 Å². The molecule has 0 bridgehead atoms. The Balaban J connectivity index is 3.55. The maximum atomic E-state index is 11.8. The van der Waals surface area contributed by atoms with Crippen molar-refractivity contribution < 1.29 is 27.7 Å². The second kappa shape index (κ2) is 4.56. The molecule has 1 aromatic carbocycles. The van der Waals surface area contributed by atoms with Crippen molar-refractivity contribution >= 4 is 21.9 Å². The van der Waals surface area contributed by atoms with E-state index >= 15 is 0 Å². The summed E-state index contributed by atoms with van der Waals surface area (Å²) in [5.41, 5.74) is -0.306. The summed E-state index contributed by atoms with van der Waals surface area (Å²) in [5, 5.41) is 17.5. The van der Waals surface area contributed by atoms with Crippen molar-refractivity contribution in [3.8, 4) is 6.07 Å². The van der Waals surface area contributed by atoms with Crippen molar-refractivity contribution in [2.24, 2.45) is 0 Å². The van der Waals surface area contributed by atoms with E-state index in [1.165, 1.54) is 18.2 Å². The molecule has 0 amide bonds. The van der Waals surface area contributed by atoms with E-state index < -0.39 is 26.6 Å². The third-order valence-electron chi connectivity index (χ3n) is 2.20. The first kappa shape index (κ1) is 13.8. The van der Waals surface area contributed by atoms with Crippen LogP contribution in [0.1, 0.15) is 10.4 Å². The first-order chi connectivity index (χ1) is 8.27. The maximum Gasteiger partial charge on any atom is 0.350 e. The fraction of sp³-hybridized carbons (Fsp3) is 0.100. The molecule has 0 fully saturated rings. The van der Waals surface area contributed by atoms with Gasteiger partial charge in [-0.15, -0.1) is 0 Å². The summed E-state index contributed by atoms with van der Waals surface area (Å²) in [4.78, 5) is 22.8. The second-order valence-electron chi connectivity index (χ2n) is 3.27. The molecule has 0 aliphatic rings. The lowest BCUT2D eigenvalue weighted by Gasteiger charge is -2.16. The van der Waals surface area contributed by atoms with Crippen molar-refractivity contribution in [3.63, 3.8) is 0 Å². The number of nitrogens with zero attached hydrogens (tertiary/aromatic N) is 1. The number of aliphatic carboxylic acids is 1. The van der Waals surface area contributed by atoms with Gasteiger partial charge >= 0.3 is 20.8 Å². The molecule has 0 saturated carbocycles. The zero-order valence-corrected chi connectivity index (χ0v) is 9.59. The van der Waals surface area contributed by atoms with Gasteiger partial charge < -0.3 is 5.11 Å². The van der Waals surface area contributed by atoms with Gasteiger partial charge in [0.15, 0.2) is 0 Å². The van der Waals surface area contributed by atoms with Crippen molar-refractivity contribution in [1.29, 1.82) is 5.26 Å². The van der Waals surface area contributed by atoms with Crippen LogP contribution in [-0.4, -0.2) is 34.6 Å². The molecule has 0 aliphatic carbocycles. The molecule has 1 unspecified atom stereocenters. The van der Waals surface area contributed by atoms with Gasteiger partial charge in [-0.05, 0) is 0 Å². The van der Waals surface area contributed by atoms with Crippen LogP contribution >= 0.6 is 0 Å². The minimum atomic E-state index is -5.43. The topological polar surface area (TPSA) is 133 Å². The standard InChI is InChI=1S/C10H7NO6S/c11-6-10(9(13)14,18(15,16)17)8(12)7-4-2-1-3-5-7/h1-5H,(H,13,14)(H,15,16,17). The monoisotopic (exact) mass is 269 g/mol. The van der Waals surface area contributed by atoms with E-state index in [0.29, 0.717) is 0 Å². The Labute approximate surface area is 102 Å². The summed E-state index contributed by atoms with van der Waals surface area (Å²) in [6.07, 6.45) is 0. The molecule has 8 heteroatoms. The number of benzene rings is 1. The van der Waals surface area contributed by atoms with E-state index in [1.54, 1.807) is 0 Å². The maximum absolute atomic E-state index is 11.8. The first-order valence-corrected chi connectivity index (χ1v) is 5.93. The van der Waals surface area contributed by atoms with Crippen LogP contribution in [0, 0.1) is 11.3 Å². The molecule has 1 atom stereocenters. The van der Waals surface area contributed by atoms with Crippen molar-refractivity contribution in [2.45, 2.75) is 4.75 Å². The molecule has 0 aliphatic heterocycles. The van der Waals surface area contributed by atoms with Crippen molar-refractivity contribution in [3.05, 3.63) is 35.9 Å². The second-order valence-corrected chi connectivity index (χ2v) is 4.83. The first-order valence-electron chi connectivity index (χ1n) is 4.49. The summed E-state index contributed by atoms with van der Waals surface area (Å²) in [7, 11) is -5.43. The Morgan fingerprint density at radius 2 is 1.72 bits per heavy atom. The Kier molecular flexibility index (Phi) is 3.50. The summed E-state index contributed by atoms with van der Waals surface area (Å²) in [5.74, 6) is -3.76. The molecule has 7 nitrogen and oxygen atoms in total. The molecule has 0 saturated heterocycles. The zero-order chi connectivity index (χ0) is 14.0. The average molecular weight is 269 g/mol. The molecule has 0 spiro atoms. The van der Waals surface area contributed by atoms with Gasteiger partial charge in [0.2, 0.25) is 5.78 Å². The van der Waals surface area contributed by atoms with Crippen LogP contribution in [0.2, 0.25) is 0 Å². The number of carbonyl (C=O) groups excluding carboxylic acids is 1. The van der Waals surface area contributed by atoms with Crippen LogP contribution in [0.25, 0.3) is 0 Å².